The summed E-state index contributed by atoms with van der Waals surface area (Å²) in [5.41, 5.74) is 3.59. The number of aliphatic carboxylic acids is 1. The molecule has 0 bridgehead atoms. The summed E-state index contributed by atoms with van der Waals surface area (Å²) >= 11 is 1.48. The molecule has 2 aromatic carbocycles. The zero-order chi connectivity index (χ0) is 24.5. The normalized spacial score (nSPS) is 19.4. The van der Waals surface area contributed by atoms with Crippen molar-refractivity contribution in [1.82, 2.24) is 10.2 Å². The number of alkyl carbamates (subject to hydrolysis) is 1. The van der Waals surface area contributed by atoms with E-state index in [1.807, 2.05) is 31.2 Å². The number of nitrogens with one attached hydrogen (secondary N) is 1. The molecule has 0 spiro atoms. The maximum atomic E-state index is 13.3. The van der Waals surface area contributed by atoms with Crippen molar-refractivity contribution in [2.75, 3.05) is 18.9 Å². The summed E-state index contributed by atoms with van der Waals surface area (Å²) < 4.78 is 5.57. The number of carboxylic acid groups (broad SMARTS) is 1. The molecule has 34 heavy (non-hydrogen) atoms. The van der Waals surface area contributed by atoms with Gasteiger partial charge in [0, 0.05) is 18.2 Å². The third kappa shape index (κ3) is 4.51. The molecule has 1 heterocycles. The van der Waals surface area contributed by atoms with Crippen LogP contribution >= 0.6 is 11.8 Å². The van der Waals surface area contributed by atoms with Gasteiger partial charge in [0.15, 0.2) is 0 Å². The first-order chi connectivity index (χ1) is 16.2. The highest BCUT2D eigenvalue weighted by atomic mass is 32.2. The fraction of sp³-hybridized carbons (Fsp3) is 0.423. The standard InChI is InChI=1S/C26H30N2O5S/c1-4-22-28(21(14-34-22)23(29)30)24(31)26(2,3)15-27-25(32)33-13-20-18-11-7-5-9-16(18)17-10-6-8-12-19(17)20/h5-12,20-22H,4,13-15H2,1-3H3,(H,27,32)(H,29,30). The molecule has 0 saturated carbocycles. The van der Waals surface area contributed by atoms with Crippen molar-refractivity contribution in [3.8, 4) is 11.1 Å². The summed E-state index contributed by atoms with van der Waals surface area (Å²) in [7, 11) is 0. The number of ether oxygens (including phenoxy) is 1. The van der Waals surface area contributed by atoms with E-state index in [0.29, 0.717) is 12.2 Å². The highest BCUT2D eigenvalue weighted by molar-refractivity contribution is 8.00. The van der Waals surface area contributed by atoms with Crippen molar-refractivity contribution in [2.24, 2.45) is 5.41 Å². The van der Waals surface area contributed by atoms with Crippen LogP contribution in [0.2, 0.25) is 0 Å². The van der Waals surface area contributed by atoms with Crippen molar-refractivity contribution in [3.05, 3.63) is 59.7 Å². The van der Waals surface area contributed by atoms with Gasteiger partial charge in [0.05, 0.1) is 10.8 Å². The molecule has 2 atom stereocenters. The van der Waals surface area contributed by atoms with Crippen LogP contribution in [0.25, 0.3) is 11.1 Å². The number of carbonyl (C=O) groups is 3. The second-order valence-electron chi connectivity index (χ2n) is 9.33. The van der Waals surface area contributed by atoms with Gasteiger partial charge in [-0.05, 0) is 42.5 Å². The van der Waals surface area contributed by atoms with Crippen molar-refractivity contribution in [2.45, 2.75) is 44.5 Å². The van der Waals surface area contributed by atoms with Gasteiger partial charge in [0.2, 0.25) is 5.91 Å². The SMILES string of the molecule is CCC1SCC(C(=O)O)N1C(=O)C(C)(C)CNC(=O)OCC1c2ccccc2-c2ccccc21. The van der Waals surface area contributed by atoms with Crippen LogP contribution in [-0.4, -0.2) is 58.3 Å². The van der Waals surface area contributed by atoms with Crippen molar-refractivity contribution < 1.29 is 24.2 Å². The van der Waals surface area contributed by atoms with Crippen LogP contribution in [0, 0.1) is 5.41 Å². The topological polar surface area (TPSA) is 95.9 Å². The maximum absolute atomic E-state index is 13.3. The fourth-order valence-corrected chi connectivity index (χ4v) is 6.05. The number of carbonyl (C=O) groups excluding carboxylic acids is 2. The van der Waals surface area contributed by atoms with Gasteiger partial charge in [-0.15, -0.1) is 11.8 Å². The lowest BCUT2D eigenvalue weighted by Gasteiger charge is -2.34. The Hall–Kier alpha value is -3.00. The summed E-state index contributed by atoms with van der Waals surface area (Å²) in [4.78, 5) is 38.9. The average Bonchev–Trinajstić information content (AvgIpc) is 3.40. The van der Waals surface area contributed by atoms with Gasteiger partial charge in [0.25, 0.3) is 0 Å². The molecule has 4 rings (SSSR count). The van der Waals surface area contributed by atoms with Crippen molar-refractivity contribution in [1.29, 1.82) is 0 Å². The molecule has 2 N–H and O–H groups in total. The van der Waals surface area contributed by atoms with Crippen LogP contribution in [0.15, 0.2) is 48.5 Å². The molecular formula is C26H30N2O5S. The van der Waals surface area contributed by atoms with Crippen LogP contribution in [0.3, 0.4) is 0 Å². The van der Waals surface area contributed by atoms with E-state index in [1.165, 1.54) is 16.7 Å². The predicted octanol–water partition coefficient (Wildman–Crippen LogP) is 4.32. The highest BCUT2D eigenvalue weighted by Crippen LogP contribution is 2.44. The van der Waals surface area contributed by atoms with Gasteiger partial charge < -0.3 is 20.1 Å². The predicted molar refractivity (Wildman–Crippen MR) is 132 cm³/mol. The van der Waals surface area contributed by atoms with E-state index in [-0.39, 0.29) is 30.4 Å². The first-order valence-electron chi connectivity index (χ1n) is 11.5. The van der Waals surface area contributed by atoms with Gasteiger partial charge in [-0.3, -0.25) is 4.79 Å². The molecular weight excluding hydrogens is 452 g/mol. The Morgan fingerprint density at radius 3 is 2.24 bits per heavy atom. The number of carboxylic acids is 1. The van der Waals surface area contributed by atoms with Crippen molar-refractivity contribution >= 4 is 29.7 Å². The highest BCUT2D eigenvalue weighted by Gasteiger charge is 2.45. The lowest BCUT2D eigenvalue weighted by Crippen LogP contribution is -2.53. The Morgan fingerprint density at radius 2 is 1.68 bits per heavy atom. The quantitative estimate of drug-likeness (QED) is 0.610. The van der Waals surface area contributed by atoms with E-state index in [2.05, 4.69) is 29.6 Å². The van der Waals surface area contributed by atoms with E-state index in [1.54, 1.807) is 13.8 Å². The molecule has 1 aliphatic heterocycles. The molecule has 2 aliphatic rings. The number of rotatable bonds is 7. The summed E-state index contributed by atoms with van der Waals surface area (Å²) in [6.45, 7) is 5.61. The maximum Gasteiger partial charge on any atom is 0.407 e. The zero-order valence-electron chi connectivity index (χ0n) is 19.6. The zero-order valence-corrected chi connectivity index (χ0v) is 20.4. The Bertz CT molecular complexity index is 1060. The van der Waals surface area contributed by atoms with Gasteiger partial charge in [-0.1, -0.05) is 55.5 Å². The second-order valence-corrected chi connectivity index (χ2v) is 10.5. The fourth-order valence-electron chi connectivity index (χ4n) is 4.71. The molecule has 2 unspecified atom stereocenters. The van der Waals surface area contributed by atoms with Gasteiger partial charge in [-0.25, -0.2) is 9.59 Å². The van der Waals surface area contributed by atoms with Crippen LogP contribution in [0.5, 0.6) is 0 Å². The largest absolute Gasteiger partial charge is 0.480 e. The third-order valence-corrected chi connectivity index (χ3v) is 8.01. The monoisotopic (exact) mass is 482 g/mol. The van der Waals surface area contributed by atoms with Gasteiger partial charge >= 0.3 is 12.1 Å². The van der Waals surface area contributed by atoms with Crippen LogP contribution in [0.4, 0.5) is 4.79 Å². The number of amides is 2. The smallest absolute Gasteiger partial charge is 0.407 e. The van der Waals surface area contributed by atoms with Crippen molar-refractivity contribution in [3.63, 3.8) is 0 Å². The molecule has 1 aliphatic carbocycles. The van der Waals surface area contributed by atoms with E-state index in [0.717, 1.165) is 22.3 Å². The molecule has 180 valence electrons. The first-order valence-corrected chi connectivity index (χ1v) is 12.6. The molecule has 7 nitrogen and oxygen atoms in total. The van der Waals surface area contributed by atoms with Crippen LogP contribution in [0.1, 0.15) is 44.2 Å². The molecule has 0 aromatic heterocycles. The number of nitrogens with zero attached hydrogens (tertiary/aromatic N) is 1. The Labute approximate surface area is 203 Å². The summed E-state index contributed by atoms with van der Waals surface area (Å²) in [5, 5.41) is 12.1. The number of hydrogen-bond donors (Lipinski definition) is 2. The minimum absolute atomic E-state index is 0.0453. The average molecular weight is 483 g/mol. The summed E-state index contributed by atoms with van der Waals surface area (Å²) in [6, 6.07) is 15.4. The van der Waals surface area contributed by atoms with E-state index >= 15 is 0 Å². The molecule has 0 radical (unpaired) electrons. The van der Waals surface area contributed by atoms with E-state index in [4.69, 9.17) is 4.74 Å². The first kappa shape index (κ1) is 24.1. The Morgan fingerprint density at radius 1 is 1.09 bits per heavy atom. The third-order valence-electron chi connectivity index (χ3n) is 6.56. The number of thioether (sulfide) groups is 1. The van der Waals surface area contributed by atoms with E-state index < -0.39 is 23.5 Å². The van der Waals surface area contributed by atoms with E-state index in [9.17, 15) is 19.5 Å². The lowest BCUT2D eigenvalue weighted by atomic mass is 9.90. The summed E-state index contributed by atoms with van der Waals surface area (Å²) in [6.07, 6.45) is 0.0659. The van der Waals surface area contributed by atoms with Crippen LogP contribution in [-0.2, 0) is 14.3 Å². The Balaban J connectivity index is 1.38. The molecule has 1 fully saturated rings. The minimum atomic E-state index is -1.00. The lowest BCUT2D eigenvalue weighted by molar-refractivity contribution is -0.153. The number of hydrogen-bond acceptors (Lipinski definition) is 5. The number of fused-ring (bicyclic) bond motifs is 3. The molecule has 2 aromatic rings. The minimum Gasteiger partial charge on any atom is -0.480 e. The number of benzene rings is 2. The molecule has 2 amide bonds. The van der Waals surface area contributed by atoms with Gasteiger partial charge in [-0.2, -0.15) is 0 Å². The molecule has 8 heteroatoms. The second kappa shape index (κ2) is 9.70. The summed E-state index contributed by atoms with van der Waals surface area (Å²) in [5.74, 6) is -0.959. The molecule has 1 saturated heterocycles. The Kier molecular flexibility index (Phi) is 6.89. The van der Waals surface area contributed by atoms with Crippen LogP contribution < -0.4 is 5.32 Å². The van der Waals surface area contributed by atoms with Gasteiger partial charge in [0.1, 0.15) is 12.6 Å².